The van der Waals surface area contributed by atoms with Crippen LogP contribution in [0.1, 0.15) is 29.5 Å². The molecule has 2 nitrogen and oxygen atoms in total. The predicted molar refractivity (Wildman–Crippen MR) is 80.5 cm³/mol. The summed E-state index contributed by atoms with van der Waals surface area (Å²) >= 11 is 0. The van der Waals surface area contributed by atoms with Crippen molar-refractivity contribution in [2.24, 2.45) is 0 Å². The summed E-state index contributed by atoms with van der Waals surface area (Å²) in [6, 6.07) is 7.32. The SMILES string of the molecule is CNC1CCCN(Cc2cccc(C)c2C)C1.Cl. The molecular formula is C15H25ClN2. The fourth-order valence-electron chi connectivity index (χ4n) is 2.66. The number of likely N-dealkylation sites (tertiary alicyclic amines) is 1. The Bertz CT molecular complexity index is 379. The summed E-state index contributed by atoms with van der Waals surface area (Å²) in [5.74, 6) is 0. The van der Waals surface area contributed by atoms with Crippen LogP contribution < -0.4 is 5.32 Å². The lowest BCUT2D eigenvalue weighted by Crippen LogP contribution is -2.43. The zero-order valence-corrected chi connectivity index (χ0v) is 12.5. The number of nitrogens with zero attached hydrogens (tertiary/aromatic N) is 1. The number of hydrogen-bond acceptors (Lipinski definition) is 2. The second-order valence-corrected chi connectivity index (χ2v) is 5.22. The van der Waals surface area contributed by atoms with Crippen molar-refractivity contribution in [2.45, 2.75) is 39.3 Å². The van der Waals surface area contributed by atoms with E-state index in [4.69, 9.17) is 0 Å². The zero-order valence-electron chi connectivity index (χ0n) is 11.7. The van der Waals surface area contributed by atoms with Crippen molar-refractivity contribution in [3.05, 3.63) is 34.9 Å². The Morgan fingerprint density at radius 1 is 1.33 bits per heavy atom. The molecule has 0 amide bonds. The van der Waals surface area contributed by atoms with Gasteiger partial charge < -0.3 is 5.32 Å². The van der Waals surface area contributed by atoms with Crippen LogP contribution in [-0.2, 0) is 6.54 Å². The molecule has 1 heterocycles. The monoisotopic (exact) mass is 268 g/mol. The standard InChI is InChI=1S/C15H24N2.ClH/c1-12-6-4-7-14(13(12)2)10-17-9-5-8-15(11-17)16-3;/h4,6-7,15-16H,5,8-11H2,1-3H3;1H. The number of rotatable bonds is 3. The van der Waals surface area contributed by atoms with E-state index in [2.05, 4.69) is 49.3 Å². The Morgan fingerprint density at radius 2 is 2.11 bits per heavy atom. The summed E-state index contributed by atoms with van der Waals surface area (Å²) in [6.45, 7) is 7.97. The van der Waals surface area contributed by atoms with Crippen LogP contribution in [0.5, 0.6) is 0 Å². The van der Waals surface area contributed by atoms with Crippen molar-refractivity contribution in [1.82, 2.24) is 10.2 Å². The lowest BCUT2D eigenvalue weighted by atomic mass is 10.0. The van der Waals surface area contributed by atoms with Crippen molar-refractivity contribution in [1.29, 1.82) is 0 Å². The minimum Gasteiger partial charge on any atom is -0.316 e. The summed E-state index contributed by atoms with van der Waals surface area (Å²) in [5, 5.41) is 3.40. The van der Waals surface area contributed by atoms with Gasteiger partial charge in [0.05, 0.1) is 0 Å². The molecule has 1 aromatic rings. The van der Waals surface area contributed by atoms with Crippen LogP contribution in [0.2, 0.25) is 0 Å². The molecule has 1 aliphatic rings. The fraction of sp³-hybridized carbons (Fsp3) is 0.600. The van der Waals surface area contributed by atoms with Crippen molar-refractivity contribution in [3.63, 3.8) is 0 Å². The molecular weight excluding hydrogens is 244 g/mol. The Hall–Kier alpha value is -0.570. The van der Waals surface area contributed by atoms with E-state index in [1.807, 2.05) is 0 Å². The molecule has 1 N–H and O–H groups in total. The number of aryl methyl sites for hydroxylation is 1. The first-order chi connectivity index (χ1) is 8.20. The highest BCUT2D eigenvalue weighted by atomic mass is 35.5. The molecule has 0 saturated carbocycles. The molecule has 0 aliphatic carbocycles. The number of hydrogen-bond donors (Lipinski definition) is 1. The molecule has 3 heteroatoms. The molecule has 1 aromatic carbocycles. The van der Waals surface area contributed by atoms with E-state index >= 15 is 0 Å². The van der Waals surface area contributed by atoms with Gasteiger partial charge in [0.15, 0.2) is 0 Å². The highest BCUT2D eigenvalue weighted by molar-refractivity contribution is 5.85. The summed E-state index contributed by atoms with van der Waals surface area (Å²) in [5.41, 5.74) is 4.35. The molecule has 0 spiro atoms. The van der Waals surface area contributed by atoms with Gasteiger partial charge in [-0.1, -0.05) is 18.2 Å². The quantitative estimate of drug-likeness (QED) is 0.907. The molecule has 0 bridgehead atoms. The number of nitrogens with one attached hydrogen (secondary N) is 1. The van der Waals surface area contributed by atoms with E-state index in [9.17, 15) is 0 Å². The highest BCUT2D eigenvalue weighted by Gasteiger charge is 2.18. The summed E-state index contributed by atoms with van der Waals surface area (Å²) in [4.78, 5) is 2.58. The van der Waals surface area contributed by atoms with Crippen LogP contribution in [0.4, 0.5) is 0 Å². The molecule has 1 unspecified atom stereocenters. The first kappa shape index (κ1) is 15.5. The third kappa shape index (κ3) is 3.71. The normalized spacial score (nSPS) is 20.5. The van der Waals surface area contributed by atoms with Gasteiger partial charge in [-0.3, -0.25) is 4.90 Å². The average molecular weight is 269 g/mol. The van der Waals surface area contributed by atoms with Gasteiger partial charge in [0.25, 0.3) is 0 Å². The lowest BCUT2D eigenvalue weighted by Gasteiger charge is -2.33. The van der Waals surface area contributed by atoms with E-state index in [1.54, 1.807) is 0 Å². The van der Waals surface area contributed by atoms with Gasteiger partial charge in [-0.25, -0.2) is 0 Å². The summed E-state index contributed by atoms with van der Waals surface area (Å²) in [7, 11) is 2.08. The van der Waals surface area contributed by atoms with Crippen LogP contribution in [0.25, 0.3) is 0 Å². The largest absolute Gasteiger partial charge is 0.316 e. The van der Waals surface area contributed by atoms with Crippen LogP contribution in [-0.4, -0.2) is 31.1 Å². The second-order valence-electron chi connectivity index (χ2n) is 5.22. The van der Waals surface area contributed by atoms with Crippen molar-refractivity contribution in [3.8, 4) is 0 Å². The second kappa shape index (κ2) is 7.13. The predicted octanol–water partition coefficient (Wildman–Crippen LogP) is 2.91. The first-order valence-electron chi connectivity index (χ1n) is 6.65. The van der Waals surface area contributed by atoms with Crippen LogP contribution >= 0.6 is 12.4 Å². The van der Waals surface area contributed by atoms with Crippen molar-refractivity contribution >= 4 is 12.4 Å². The number of piperidine rings is 1. The number of benzene rings is 1. The molecule has 0 aromatic heterocycles. The molecule has 1 saturated heterocycles. The number of likely N-dealkylation sites (N-methyl/N-ethyl adjacent to an activating group) is 1. The molecule has 0 radical (unpaired) electrons. The third-order valence-electron chi connectivity index (χ3n) is 4.02. The minimum absolute atomic E-state index is 0. The third-order valence-corrected chi connectivity index (χ3v) is 4.02. The van der Waals surface area contributed by atoms with E-state index in [1.165, 1.54) is 42.6 Å². The topological polar surface area (TPSA) is 15.3 Å². The average Bonchev–Trinajstić information content (AvgIpc) is 2.35. The minimum atomic E-state index is 0. The smallest absolute Gasteiger partial charge is 0.0237 e. The number of halogens is 1. The molecule has 1 aliphatic heterocycles. The maximum absolute atomic E-state index is 3.40. The van der Waals surface area contributed by atoms with E-state index < -0.39 is 0 Å². The highest BCUT2D eigenvalue weighted by Crippen LogP contribution is 2.18. The van der Waals surface area contributed by atoms with E-state index in [0.717, 1.165) is 6.54 Å². The summed E-state index contributed by atoms with van der Waals surface area (Å²) in [6.07, 6.45) is 2.64. The zero-order chi connectivity index (χ0) is 12.3. The Balaban J connectivity index is 0.00000162. The fourth-order valence-corrected chi connectivity index (χ4v) is 2.66. The maximum atomic E-state index is 3.40. The molecule has 1 fully saturated rings. The van der Waals surface area contributed by atoms with Gasteiger partial charge in [-0.2, -0.15) is 0 Å². The molecule has 2 rings (SSSR count). The van der Waals surface area contributed by atoms with Gasteiger partial charge in [0, 0.05) is 19.1 Å². The van der Waals surface area contributed by atoms with Gasteiger partial charge >= 0.3 is 0 Å². The molecule has 18 heavy (non-hydrogen) atoms. The Labute approximate surface area is 117 Å². The van der Waals surface area contributed by atoms with E-state index in [0.29, 0.717) is 6.04 Å². The van der Waals surface area contributed by atoms with Gasteiger partial charge in [-0.15, -0.1) is 12.4 Å². The summed E-state index contributed by atoms with van der Waals surface area (Å²) < 4.78 is 0. The Morgan fingerprint density at radius 3 is 2.83 bits per heavy atom. The van der Waals surface area contributed by atoms with Crippen molar-refractivity contribution < 1.29 is 0 Å². The molecule has 102 valence electrons. The lowest BCUT2D eigenvalue weighted by molar-refractivity contribution is 0.187. The van der Waals surface area contributed by atoms with Crippen LogP contribution in [0.3, 0.4) is 0 Å². The van der Waals surface area contributed by atoms with E-state index in [-0.39, 0.29) is 12.4 Å². The molecule has 1 atom stereocenters. The van der Waals surface area contributed by atoms with Gasteiger partial charge in [0.1, 0.15) is 0 Å². The van der Waals surface area contributed by atoms with Crippen LogP contribution in [0.15, 0.2) is 18.2 Å². The van der Waals surface area contributed by atoms with Gasteiger partial charge in [-0.05, 0) is 57.0 Å². The van der Waals surface area contributed by atoms with Gasteiger partial charge in [0.2, 0.25) is 0 Å². The van der Waals surface area contributed by atoms with Crippen LogP contribution in [0, 0.1) is 13.8 Å². The first-order valence-corrected chi connectivity index (χ1v) is 6.65. The Kier molecular flexibility index (Phi) is 6.13. The van der Waals surface area contributed by atoms with Crippen molar-refractivity contribution in [2.75, 3.05) is 20.1 Å². The maximum Gasteiger partial charge on any atom is 0.0237 e.